The fourth-order valence-corrected chi connectivity index (χ4v) is 2.23. The molecule has 1 N–H and O–H groups in total. The molecule has 1 aliphatic rings. The van der Waals surface area contributed by atoms with Gasteiger partial charge in [0.05, 0.1) is 18.8 Å². The largest absolute Gasteiger partial charge is 0.508 e. The molecule has 0 aliphatic carbocycles. The topological polar surface area (TPSA) is 49.8 Å². The molecule has 18 heavy (non-hydrogen) atoms. The smallest absolute Gasteiger partial charge is 0.254 e. The van der Waals surface area contributed by atoms with Crippen LogP contribution in [0.25, 0.3) is 0 Å². The standard InChI is InChI=1S/C14H19NO3/c1-9-6-12(16)4-5-13(9)14(17)15-7-11(3)18-8-10(15)2/h4-6,10-11,16H,7-8H2,1-3H3. The minimum absolute atomic E-state index is 0.00940. The third kappa shape index (κ3) is 2.48. The van der Waals surface area contributed by atoms with Crippen LogP contribution in [-0.4, -0.2) is 41.2 Å². The number of aryl methyl sites for hydroxylation is 1. The van der Waals surface area contributed by atoms with Crippen molar-refractivity contribution in [2.45, 2.75) is 32.9 Å². The number of nitrogens with zero attached hydrogens (tertiary/aromatic N) is 1. The van der Waals surface area contributed by atoms with E-state index in [0.29, 0.717) is 18.7 Å². The molecule has 98 valence electrons. The quantitative estimate of drug-likeness (QED) is 0.827. The summed E-state index contributed by atoms with van der Waals surface area (Å²) in [7, 11) is 0. The molecule has 0 saturated carbocycles. The highest BCUT2D eigenvalue weighted by molar-refractivity contribution is 5.96. The molecule has 0 aromatic heterocycles. The third-order valence-electron chi connectivity index (χ3n) is 3.31. The van der Waals surface area contributed by atoms with Gasteiger partial charge in [0.1, 0.15) is 5.75 Å². The van der Waals surface area contributed by atoms with Gasteiger partial charge in [-0.25, -0.2) is 0 Å². The van der Waals surface area contributed by atoms with Crippen molar-refractivity contribution >= 4 is 5.91 Å². The van der Waals surface area contributed by atoms with E-state index in [-0.39, 0.29) is 23.8 Å². The van der Waals surface area contributed by atoms with Gasteiger partial charge in [0, 0.05) is 12.1 Å². The second-order valence-electron chi connectivity index (χ2n) is 4.95. The van der Waals surface area contributed by atoms with Gasteiger partial charge in [0.2, 0.25) is 0 Å². The Labute approximate surface area is 107 Å². The van der Waals surface area contributed by atoms with Crippen LogP contribution in [0, 0.1) is 6.92 Å². The summed E-state index contributed by atoms with van der Waals surface area (Å²) >= 11 is 0. The van der Waals surface area contributed by atoms with Crippen LogP contribution in [0.5, 0.6) is 5.75 Å². The van der Waals surface area contributed by atoms with E-state index in [1.165, 1.54) is 0 Å². The summed E-state index contributed by atoms with van der Waals surface area (Å²) in [6, 6.07) is 4.93. The van der Waals surface area contributed by atoms with Crippen molar-refractivity contribution in [2.24, 2.45) is 0 Å². The number of aromatic hydroxyl groups is 1. The van der Waals surface area contributed by atoms with Gasteiger partial charge in [-0.3, -0.25) is 4.79 Å². The monoisotopic (exact) mass is 249 g/mol. The Balaban J connectivity index is 2.24. The predicted octanol–water partition coefficient (Wildman–Crippen LogP) is 1.95. The molecule has 1 aromatic carbocycles. The van der Waals surface area contributed by atoms with Gasteiger partial charge < -0.3 is 14.7 Å². The summed E-state index contributed by atoms with van der Waals surface area (Å²) in [6.45, 7) is 6.97. The number of phenols is 1. The average Bonchev–Trinajstić information content (AvgIpc) is 2.31. The van der Waals surface area contributed by atoms with Crippen LogP contribution < -0.4 is 0 Å². The van der Waals surface area contributed by atoms with Crippen molar-refractivity contribution in [3.05, 3.63) is 29.3 Å². The molecular weight excluding hydrogens is 230 g/mol. The van der Waals surface area contributed by atoms with Crippen LogP contribution in [0.1, 0.15) is 29.8 Å². The van der Waals surface area contributed by atoms with Crippen LogP contribution in [0.4, 0.5) is 0 Å². The van der Waals surface area contributed by atoms with E-state index in [0.717, 1.165) is 5.56 Å². The van der Waals surface area contributed by atoms with Crippen molar-refractivity contribution < 1.29 is 14.6 Å². The second-order valence-corrected chi connectivity index (χ2v) is 4.95. The predicted molar refractivity (Wildman–Crippen MR) is 68.8 cm³/mol. The summed E-state index contributed by atoms with van der Waals surface area (Å²) in [5, 5.41) is 9.38. The fraction of sp³-hybridized carbons (Fsp3) is 0.500. The van der Waals surface area contributed by atoms with Gasteiger partial charge in [-0.2, -0.15) is 0 Å². The molecule has 0 bridgehead atoms. The summed E-state index contributed by atoms with van der Waals surface area (Å²) < 4.78 is 5.52. The van der Waals surface area contributed by atoms with Gasteiger partial charge in [-0.05, 0) is 44.5 Å². The van der Waals surface area contributed by atoms with Gasteiger partial charge in [0.25, 0.3) is 5.91 Å². The summed E-state index contributed by atoms with van der Waals surface area (Å²) in [4.78, 5) is 14.3. The van der Waals surface area contributed by atoms with Gasteiger partial charge in [-0.15, -0.1) is 0 Å². The first-order valence-corrected chi connectivity index (χ1v) is 6.21. The second kappa shape index (κ2) is 4.98. The van der Waals surface area contributed by atoms with E-state index in [2.05, 4.69) is 0 Å². The highest BCUT2D eigenvalue weighted by Crippen LogP contribution is 2.20. The fourth-order valence-electron chi connectivity index (χ4n) is 2.23. The minimum Gasteiger partial charge on any atom is -0.508 e. The number of hydrogen-bond donors (Lipinski definition) is 1. The van der Waals surface area contributed by atoms with Crippen molar-refractivity contribution in [3.8, 4) is 5.75 Å². The Bertz CT molecular complexity index is 458. The van der Waals surface area contributed by atoms with Crippen LogP contribution >= 0.6 is 0 Å². The molecule has 1 fully saturated rings. The molecule has 1 saturated heterocycles. The third-order valence-corrected chi connectivity index (χ3v) is 3.31. The summed E-state index contributed by atoms with van der Waals surface area (Å²) in [5.41, 5.74) is 1.44. The Morgan fingerprint density at radius 2 is 2.17 bits per heavy atom. The maximum Gasteiger partial charge on any atom is 0.254 e. The van der Waals surface area contributed by atoms with E-state index in [4.69, 9.17) is 4.74 Å². The minimum atomic E-state index is 0.00940. The number of hydrogen-bond acceptors (Lipinski definition) is 3. The zero-order chi connectivity index (χ0) is 13.3. The lowest BCUT2D eigenvalue weighted by atomic mass is 10.1. The van der Waals surface area contributed by atoms with Gasteiger partial charge in [-0.1, -0.05) is 0 Å². The molecule has 0 radical (unpaired) electrons. The zero-order valence-electron chi connectivity index (χ0n) is 11.0. The van der Waals surface area contributed by atoms with E-state index in [9.17, 15) is 9.90 Å². The van der Waals surface area contributed by atoms with Crippen LogP contribution in [0.2, 0.25) is 0 Å². The summed E-state index contributed by atoms with van der Waals surface area (Å²) in [5.74, 6) is 0.197. The number of carbonyl (C=O) groups is 1. The average molecular weight is 249 g/mol. The van der Waals surface area contributed by atoms with Crippen molar-refractivity contribution in [1.82, 2.24) is 4.90 Å². The van der Waals surface area contributed by atoms with E-state index in [1.807, 2.05) is 25.7 Å². The number of benzene rings is 1. The highest BCUT2D eigenvalue weighted by Gasteiger charge is 2.28. The Morgan fingerprint density at radius 1 is 1.44 bits per heavy atom. The van der Waals surface area contributed by atoms with E-state index in [1.54, 1.807) is 18.2 Å². The normalized spacial score (nSPS) is 24.1. The Morgan fingerprint density at radius 3 is 2.83 bits per heavy atom. The molecule has 4 heteroatoms. The molecule has 0 spiro atoms. The lowest BCUT2D eigenvalue weighted by Crippen LogP contribution is -2.50. The number of amides is 1. The molecule has 1 aromatic rings. The van der Waals surface area contributed by atoms with Gasteiger partial charge in [0.15, 0.2) is 0 Å². The lowest BCUT2D eigenvalue weighted by molar-refractivity contribution is -0.0387. The molecular formula is C14H19NO3. The zero-order valence-corrected chi connectivity index (χ0v) is 11.0. The number of rotatable bonds is 1. The molecule has 1 amide bonds. The maximum absolute atomic E-state index is 12.5. The van der Waals surface area contributed by atoms with E-state index < -0.39 is 0 Å². The maximum atomic E-state index is 12.5. The van der Waals surface area contributed by atoms with Crippen LogP contribution in [0.15, 0.2) is 18.2 Å². The first kappa shape index (κ1) is 12.9. The summed E-state index contributed by atoms with van der Waals surface area (Å²) in [6.07, 6.45) is 0.0718. The van der Waals surface area contributed by atoms with Crippen LogP contribution in [0.3, 0.4) is 0 Å². The van der Waals surface area contributed by atoms with Crippen molar-refractivity contribution in [1.29, 1.82) is 0 Å². The Hall–Kier alpha value is -1.55. The molecule has 1 heterocycles. The number of carbonyl (C=O) groups excluding carboxylic acids is 1. The molecule has 2 rings (SSSR count). The highest BCUT2D eigenvalue weighted by atomic mass is 16.5. The first-order chi connectivity index (χ1) is 8.49. The number of ether oxygens (including phenoxy) is 1. The van der Waals surface area contributed by atoms with E-state index >= 15 is 0 Å². The van der Waals surface area contributed by atoms with Gasteiger partial charge >= 0.3 is 0 Å². The molecule has 2 unspecified atom stereocenters. The molecule has 4 nitrogen and oxygen atoms in total. The lowest BCUT2D eigenvalue weighted by Gasteiger charge is -2.37. The molecule has 2 atom stereocenters. The van der Waals surface area contributed by atoms with Crippen molar-refractivity contribution in [3.63, 3.8) is 0 Å². The Kier molecular flexibility index (Phi) is 3.57. The first-order valence-electron chi connectivity index (χ1n) is 6.21. The SMILES string of the molecule is Cc1cc(O)ccc1C(=O)N1CC(C)OCC1C. The number of phenolic OH excluding ortho intramolecular Hbond substituents is 1. The van der Waals surface area contributed by atoms with Crippen LogP contribution in [-0.2, 0) is 4.74 Å². The number of morpholine rings is 1. The molecule has 1 aliphatic heterocycles. The van der Waals surface area contributed by atoms with Crippen molar-refractivity contribution in [2.75, 3.05) is 13.2 Å².